The van der Waals surface area contributed by atoms with Crippen LogP contribution in [0.5, 0.6) is 0 Å². The molecule has 2 nitrogen and oxygen atoms in total. The molecule has 2 aromatic rings. The van der Waals surface area contributed by atoms with E-state index in [0.717, 1.165) is 11.4 Å². The second-order valence-corrected chi connectivity index (χ2v) is 3.38. The third kappa shape index (κ3) is 3.28. The minimum atomic E-state index is 0. The van der Waals surface area contributed by atoms with Gasteiger partial charge in [-0.3, -0.25) is 0 Å². The first-order valence-corrected chi connectivity index (χ1v) is 4.48. The zero-order valence-electron chi connectivity index (χ0n) is 7.41. The van der Waals surface area contributed by atoms with Crippen molar-refractivity contribution in [3.05, 3.63) is 40.6 Å². The van der Waals surface area contributed by atoms with Crippen molar-refractivity contribution in [3.63, 3.8) is 0 Å². The number of hydrogen-bond acceptors (Lipinski definition) is 1. The molecule has 0 atom stereocenters. The molecule has 0 saturated heterocycles. The van der Waals surface area contributed by atoms with E-state index < -0.39 is 0 Å². The van der Waals surface area contributed by atoms with Crippen LogP contribution in [-0.4, -0.2) is 9.97 Å². The van der Waals surface area contributed by atoms with E-state index in [-0.39, 0.29) is 24.8 Å². The Morgan fingerprint density at radius 2 is 1.80 bits per heavy atom. The van der Waals surface area contributed by atoms with Crippen LogP contribution >= 0.6 is 48.0 Å². The lowest BCUT2D eigenvalue weighted by atomic mass is 10.2. The fourth-order valence-corrected chi connectivity index (χ4v) is 1.36. The molecule has 82 valence electrons. The van der Waals surface area contributed by atoms with E-state index >= 15 is 0 Å². The van der Waals surface area contributed by atoms with E-state index in [0.29, 0.717) is 10.0 Å². The molecule has 15 heavy (non-hydrogen) atoms. The summed E-state index contributed by atoms with van der Waals surface area (Å²) in [5.74, 6) is 0.790. The number of nitrogens with one attached hydrogen (secondary N) is 1. The summed E-state index contributed by atoms with van der Waals surface area (Å²) in [5.41, 5.74) is 0.930. The van der Waals surface area contributed by atoms with Crippen molar-refractivity contribution in [2.45, 2.75) is 0 Å². The Bertz CT molecular complexity index is 414. The third-order valence-corrected chi connectivity index (χ3v) is 2.43. The van der Waals surface area contributed by atoms with Crippen LogP contribution in [0.25, 0.3) is 11.4 Å². The Morgan fingerprint density at radius 1 is 1.07 bits per heavy atom. The van der Waals surface area contributed by atoms with Gasteiger partial charge in [-0.05, 0) is 18.2 Å². The van der Waals surface area contributed by atoms with Crippen LogP contribution in [0.15, 0.2) is 30.6 Å². The number of rotatable bonds is 1. The average Bonchev–Trinajstić information content (AvgIpc) is 2.62. The molecule has 1 aromatic heterocycles. The molecule has 0 unspecified atom stereocenters. The molecular formula is C9H8Cl4N2. The van der Waals surface area contributed by atoms with Crippen molar-refractivity contribution in [1.29, 1.82) is 0 Å². The topological polar surface area (TPSA) is 28.7 Å². The van der Waals surface area contributed by atoms with Crippen LogP contribution in [0.1, 0.15) is 0 Å². The van der Waals surface area contributed by atoms with E-state index in [4.69, 9.17) is 23.2 Å². The van der Waals surface area contributed by atoms with E-state index in [1.54, 1.807) is 24.5 Å². The number of halogens is 4. The minimum Gasteiger partial charge on any atom is -0.345 e. The van der Waals surface area contributed by atoms with E-state index in [9.17, 15) is 0 Å². The summed E-state index contributed by atoms with van der Waals surface area (Å²) in [6.45, 7) is 0. The Morgan fingerprint density at radius 3 is 2.33 bits per heavy atom. The van der Waals surface area contributed by atoms with Crippen molar-refractivity contribution in [3.8, 4) is 11.4 Å². The van der Waals surface area contributed by atoms with Crippen LogP contribution < -0.4 is 0 Å². The van der Waals surface area contributed by atoms with Gasteiger partial charge in [0.25, 0.3) is 0 Å². The van der Waals surface area contributed by atoms with Crippen molar-refractivity contribution in [2.75, 3.05) is 0 Å². The minimum absolute atomic E-state index is 0. The quantitative estimate of drug-likeness (QED) is 0.835. The first kappa shape index (κ1) is 14.6. The molecule has 0 aliphatic rings. The van der Waals surface area contributed by atoms with Crippen LogP contribution in [0.3, 0.4) is 0 Å². The van der Waals surface area contributed by atoms with Gasteiger partial charge in [0.15, 0.2) is 0 Å². The van der Waals surface area contributed by atoms with E-state index in [1.807, 2.05) is 6.07 Å². The van der Waals surface area contributed by atoms with Gasteiger partial charge < -0.3 is 4.98 Å². The summed E-state index contributed by atoms with van der Waals surface area (Å²) in [6, 6.07) is 5.40. The van der Waals surface area contributed by atoms with Crippen LogP contribution in [0, 0.1) is 0 Å². The zero-order chi connectivity index (χ0) is 9.26. The van der Waals surface area contributed by atoms with Crippen LogP contribution in [-0.2, 0) is 0 Å². The maximum atomic E-state index is 5.86. The highest BCUT2D eigenvalue weighted by atomic mass is 35.5. The van der Waals surface area contributed by atoms with Gasteiger partial charge in [0.2, 0.25) is 0 Å². The normalized spacial score (nSPS) is 8.93. The van der Waals surface area contributed by atoms with Crippen molar-refractivity contribution < 1.29 is 0 Å². The molecule has 0 spiro atoms. The fourth-order valence-electron chi connectivity index (χ4n) is 1.07. The lowest BCUT2D eigenvalue weighted by Crippen LogP contribution is -1.80. The number of H-pyrrole nitrogens is 1. The second-order valence-electron chi connectivity index (χ2n) is 2.57. The number of imidazole rings is 1. The highest BCUT2D eigenvalue weighted by molar-refractivity contribution is 6.42. The summed E-state index contributed by atoms with van der Waals surface area (Å²) in [5, 5.41) is 1.09. The molecule has 1 aromatic carbocycles. The van der Waals surface area contributed by atoms with Crippen molar-refractivity contribution in [2.24, 2.45) is 0 Å². The molecule has 1 N–H and O–H groups in total. The monoisotopic (exact) mass is 284 g/mol. The molecule has 0 bridgehead atoms. The molecule has 0 amide bonds. The number of hydrogen-bond donors (Lipinski definition) is 1. The van der Waals surface area contributed by atoms with Crippen LogP contribution in [0.4, 0.5) is 0 Å². The molecule has 6 heteroatoms. The highest BCUT2D eigenvalue weighted by Crippen LogP contribution is 2.26. The molecule has 0 aliphatic carbocycles. The van der Waals surface area contributed by atoms with E-state index in [1.165, 1.54) is 0 Å². The van der Waals surface area contributed by atoms with Crippen LogP contribution in [0.2, 0.25) is 10.0 Å². The SMILES string of the molecule is Cl.Cl.Clc1ccc(-c2ncc[nH]2)cc1Cl. The summed E-state index contributed by atoms with van der Waals surface area (Å²) in [6.07, 6.45) is 3.45. The summed E-state index contributed by atoms with van der Waals surface area (Å²) >= 11 is 11.6. The molecule has 0 aliphatic heterocycles. The molecule has 0 saturated carbocycles. The first-order chi connectivity index (χ1) is 6.27. The smallest absolute Gasteiger partial charge is 0.137 e. The van der Waals surface area contributed by atoms with Gasteiger partial charge in [-0.25, -0.2) is 4.98 Å². The summed E-state index contributed by atoms with van der Waals surface area (Å²) < 4.78 is 0. The van der Waals surface area contributed by atoms with E-state index in [2.05, 4.69) is 9.97 Å². The zero-order valence-corrected chi connectivity index (χ0v) is 10.6. The number of aromatic nitrogens is 2. The van der Waals surface area contributed by atoms with Gasteiger partial charge in [0.05, 0.1) is 10.0 Å². The molecular weight excluding hydrogens is 278 g/mol. The summed E-state index contributed by atoms with van der Waals surface area (Å²) in [7, 11) is 0. The Labute approximate surface area is 110 Å². The van der Waals surface area contributed by atoms with Crippen molar-refractivity contribution >= 4 is 48.0 Å². The van der Waals surface area contributed by atoms with Crippen molar-refractivity contribution in [1.82, 2.24) is 9.97 Å². The van der Waals surface area contributed by atoms with Gasteiger partial charge in [-0.2, -0.15) is 0 Å². The second kappa shape index (κ2) is 6.23. The Kier molecular flexibility index (Phi) is 6.06. The lowest BCUT2D eigenvalue weighted by Gasteiger charge is -1.98. The summed E-state index contributed by atoms with van der Waals surface area (Å²) in [4.78, 5) is 7.09. The molecule has 0 radical (unpaired) electrons. The first-order valence-electron chi connectivity index (χ1n) is 3.72. The van der Waals surface area contributed by atoms with Gasteiger partial charge in [0, 0.05) is 18.0 Å². The Hall–Kier alpha value is -0.410. The highest BCUT2D eigenvalue weighted by Gasteiger charge is 2.02. The third-order valence-electron chi connectivity index (χ3n) is 1.69. The number of benzene rings is 1. The molecule has 1 heterocycles. The van der Waals surface area contributed by atoms with Gasteiger partial charge in [0.1, 0.15) is 5.82 Å². The maximum absolute atomic E-state index is 5.86. The van der Waals surface area contributed by atoms with Gasteiger partial charge in [-0.15, -0.1) is 24.8 Å². The fraction of sp³-hybridized carbons (Fsp3) is 0. The largest absolute Gasteiger partial charge is 0.345 e. The Balaban J connectivity index is 0.000000980. The standard InChI is InChI=1S/C9H6Cl2N2.2ClH/c10-7-2-1-6(5-8(7)11)9-12-3-4-13-9;;/h1-5H,(H,12,13);2*1H. The average molecular weight is 286 g/mol. The predicted molar refractivity (Wildman–Crippen MR) is 68.5 cm³/mol. The maximum Gasteiger partial charge on any atom is 0.137 e. The lowest BCUT2D eigenvalue weighted by molar-refractivity contribution is 1.31. The predicted octanol–water partition coefficient (Wildman–Crippen LogP) is 4.23. The molecule has 2 rings (SSSR count). The molecule has 0 fully saturated rings. The van der Waals surface area contributed by atoms with Gasteiger partial charge in [-0.1, -0.05) is 23.2 Å². The van der Waals surface area contributed by atoms with Gasteiger partial charge >= 0.3 is 0 Å². The number of nitrogens with zero attached hydrogens (tertiary/aromatic N) is 1. The number of aromatic amines is 1.